The van der Waals surface area contributed by atoms with E-state index in [2.05, 4.69) is 4.98 Å². The van der Waals surface area contributed by atoms with Gasteiger partial charge in [0.05, 0.1) is 12.6 Å². The number of hydrogen-bond acceptors (Lipinski definition) is 5. The topological polar surface area (TPSA) is 65.9 Å². The van der Waals surface area contributed by atoms with Crippen LogP contribution < -0.4 is 4.74 Å². The Bertz CT molecular complexity index is 1230. The Labute approximate surface area is 218 Å². The summed E-state index contributed by atoms with van der Waals surface area (Å²) in [5.41, 5.74) is 2.80. The standard InChI is InChI=1S/C30H34FN3O3/c1-21-17-34(22(2)20-35)30(36)26-15-24(14-13-23-9-5-4-6-10-23)16-32-29(26)37-28(21)19-33(3)18-25-11-7-8-12-27(25)31/h4-16,21-22,28,35H,17-20H2,1-3H3/b14-13+/t21-,22+,28+/m0/s1. The summed E-state index contributed by atoms with van der Waals surface area (Å²) in [5.74, 6) is -0.233. The minimum atomic E-state index is -0.360. The SMILES string of the molecule is C[C@H](CO)N1C[C@H](C)[C@@H](CN(C)Cc2ccccc2F)Oc2ncc(/C=C/c3ccccc3)cc2C1=O. The molecule has 4 rings (SSSR count). The fraction of sp³-hybridized carbons (Fsp3) is 0.333. The number of amides is 1. The molecule has 7 heteroatoms. The Kier molecular flexibility index (Phi) is 8.69. The lowest BCUT2D eigenvalue weighted by Gasteiger charge is -2.37. The van der Waals surface area contributed by atoms with Gasteiger partial charge in [0.1, 0.15) is 17.5 Å². The molecule has 3 aromatic rings. The highest BCUT2D eigenvalue weighted by molar-refractivity contribution is 5.97. The van der Waals surface area contributed by atoms with Crippen molar-refractivity contribution in [2.75, 3.05) is 26.7 Å². The summed E-state index contributed by atoms with van der Waals surface area (Å²) in [5, 5.41) is 9.87. The average molecular weight is 504 g/mol. The number of carbonyl (C=O) groups is 1. The number of pyridine rings is 1. The van der Waals surface area contributed by atoms with Crippen molar-refractivity contribution in [2.45, 2.75) is 32.5 Å². The van der Waals surface area contributed by atoms with Gasteiger partial charge in [-0.2, -0.15) is 0 Å². The van der Waals surface area contributed by atoms with E-state index in [1.165, 1.54) is 6.07 Å². The maximum atomic E-state index is 14.2. The summed E-state index contributed by atoms with van der Waals surface area (Å²) in [6.07, 6.45) is 5.28. The molecule has 3 atom stereocenters. The number of halogens is 1. The highest BCUT2D eigenvalue weighted by Crippen LogP contribution is 2.28. The summed E-state index contributed by atoms with van der Waals surface area (Å²) < 4.78 is 20.6. The van der Waals surface area contributed by atoms with Crippen molar-refractivity contribution < 1.29 is 19.0 Å². The molecule has 1 aromatic heterocycles. The smallest absolute Gasteiger partial charge is 0.259 e. The first kappa shape index (κ1) is 26.5. The van der Waals surface area contributed by atoms with Crippen LogP contribution in [0.4, 0.5) is 4.39 Å². The summed E-state index contributed by atoms with van der Waals surface area (Å²) >= 11 is 0. The zero-order valence-corrected chi connectivity index (χ0v) is 21.5. The van der Waals surface area contributed by atoms with Crippen LogP contribution in [-0.4, -0.2) is 64.7 Å². The maximum absolute atomic E-state index is 14.2. The summed E-state index contributed by atoms with van der Waals surface area (Å²) in [7, 11) is 1.92. The van der Waals surface area contributed by atoms with Gasteiger partial charge in [-0.15, -0.1) is 0 Å². The van der Waals surface area contributed by atoms with Crippen LogP contribution in [0.2, 0.25) is 0 Å². The number of carbonyl (C=O) groups excluding carboxylic acids is 1. The third-order valence-electron chi connectivity index (χ3n) is 6.70. The number of hydrogen-bond donors (Lipinski definition) is 1. The molecule has 0 bridgehead atoms. The Morgan fingerprint density at radius 3 is 2.59 bits per heavy atom. The summed E-state index contributed by atoms with van der Waals surface area (Å²) in [4.78, 5) is 21.8. The normalized spacial score (nSPS) is 18.9. The van der Waals surface area contributed by atoms with Crippen molar-refractivity contribution >= 4 is 18.1 Å². The van der Waals surface area contributed by atoms with Crippen LogP contribution in [0.15, 0.2) is 66.9 Å². The van der Waals surface area contributed by atoms with E-state index in [0.717, 1.165) is 11.1 Å². The van der Waals surface area contributed by atoms with Crippen LogP contribution >= 0.6 is 0 Å². The lowest BCUT2D eigenvalue weighted by Crippen LogP contribution is -2.49. The molecule has 1 aliphatic heterocycles. The van der Waals surface area contributed by atoms with Gasteiger partial charge in [-0.25, -0.2) is 9.37 Å². The third-order valence-corrected chi connectivity index (χ3v) is 6.70. The molecule has 1 N–H and O–H groups in total. The number of fused-ring (bicyclic) bond motifs is 1. The molecule has 194 valence electrons. The predicted octanol–water partition coefficient (Wildman–Crippen LogP) is 4.74. The number of benzene rings is 2. The molecule has 6 nitrogen and oxygen atoms in total. The van der Waals surface area contributed by atoms with Crippen molar-refractivity contribution in [1.29, 1.82) is 0 Å². The quantitative estimate of drug-likeness (QED) is 0.481. The van der Waals surface area contributed by atoms with Gasteiger partial charge in [-0.05, 0) is 37.2 Å². The molecule has 0 fully saturated rings. The Morgan fingerprint density at radius 1 is 1.16 bits per heavy atom. The van der Waals surface area contributed by atoms with Crippen LogP contribution in [0.5, 0.6) is 5.88 Å². The summed E-state index contributed by atoms with van der Waals surface area (Å²) in [6, 6.07) is 18.1. The number of rotatable bonds is 8. The van der Waals surface area contributed by atoms with Gasteiger partial charge in [0.25, 0.3) is 5.91 Å². The number of nitrogens with zero attached hydrogens (tertiary/aromatic N) is 3. The fourth-order valence-electron chi connectivity index (χ4n) is 4.47. The molecule has 0 radical (unpaired) electrons. The van der Waals surface area contributed by atoms with Gasteiger partial charge in [0.2, 0.25) is 5.88 Å². The number of aromatic nitrogens is 1. The van der Waals surface area contributed by atoms with E-state index >= 15 is 0 Å². The van der Waals surface area contributed by atoms with E-state index < -0.39 is 0 Å². The van der Waals surface area contributed by atoms with Gasteiger partial charge in [-0.1, -0.05) is 67.6 Å². The zero-order valence-electron chi connectivity index (χ0n) is 21.5. The first-order chi connectivity index (χ1) is 17.9. The molecule has 0 spiro atoms. The monoisotopic (exact) mass is 503 g/mol. The van der Waals surface area contributed by atoms with Gasteiger partial charge in [-0.3, -0.25) is 9.69 Å². The lowest BCUT2D eigenvalue weighted by atomic mass is 9.99. The molecule has 1 amide bonds. The van der Waals surface area contributed by atoms with E-state index in [4.69, 9.17) is 4.74 Å². The van der Waals surface area contributed by atoms with Crippen molar-refractivity contribution in [3.05, 3.63) is 94.9 Å². The predicted molar refractivity (Wildman–Crippen MR) is 144 cm³/mol. The van der Waals surface area contributed by atoms with Crippen molar-refractivity contribution in [3.8, 4) is 5.88 Å². The molecule has 1 aliphatic rings. The van der Waals surface area contributed by atoms with E-state index in [1.54, 1.807) is 29.3 Å². The molecule has 0 saturated heterocycles. The number of likely N-dealkylation sites (N-methyl/N-ethyl adjacent to an activating group) is 1. The molecule has 37 heavy (non-hydrogen) atoms. The van der Waals surface area contributed by atoms with Crippen LogP contribution in [0.1, 0.15) is 40.9 Å². The van der Waals surface area contributed by atoms with Crippen molar-refractivity contribution in [3.63, 3.8) is 0 Å². The van der Waals surface area contributed by atoms with E-state index in [9.17, 15) is 14.3 Å². The second-order valence-corrected chi connectivity index (χ2v) is 9.78. The number of ether oxygens (including phenoxy) is 1. The van der Waals surface area contributed by atoms with Gasteiger partial charge >= 0.3 is 0 Å². The lowest BCUT2D eigenvalue weighted by molar-refractivity contribution is 0.0324. The van der Waals surface area contributed by atoms with E-state index in [-0.39, 0.29) is 42.3 Å². The first-order valence-electron chi connectivity index (χ1n) is 12.6. The van der Waals surface area contributed by atoms with E-state index in [1.807, 2.05) is 74.3 Å². The molecular formula is C30H34FN3O3. The van der Waals surface area contributed by atoms with Crippen LogP contribution in [-0.2, 0) is 6.54 Å². The highest BCUT2D eigenvalue weighted by Gasteiger charge is 2.34. The minimum absolute atomic E-state index is 0.0476. The minimum Gasteiger partial charge on any atom is -0.472 e. The van der Waals surface area contributed by atoms with Crippen LogP contribution in [0.3, 0.4) is 0 Å². The fourth-order valence-corrected chi connectivity index (χ4v) is 4.47. The Morgan fingerprint density at radius 2 is 1.86 bits per heavy atom. The summed E-state index contributed by atoms with van der Waals surface area (Å²) in [6.45, 7) is 5.07. The number of aliphatic hydroxyl groups excluding tert-OH is 1. The molecule has 0 aliphatic carbocycles. The number of aliphatic hydroxyl groups is 1. The third kappa shape index (κ3) is 6.61. The molecular weight excluding hydrogens is 469 g/mol. The first-order valence-corrected chi connectivity index (χ1v) is 12.6. The second kappa shape index (κ2) is 12.1. The Hall–Kier alpha value is -3.55. The van der Waals surface area contributed by atoms with Crippen LogP contribution in [0.25, 0.3) is 12.2 Å². The molecule has 2 heterocycles. The Balaban J connectivity index is 1.61. The van der Waals surface area contributed by atoms with Crippen molar-refractivity contribution in [2.24, 2.45) is 5.92 Å². The molecule has 0 unspecified atom stereocenters. The second-order valence-electron chi connectivity index (χ2n) is 9.78. The zero-order chi connectivity index (χ0) is 26.4. The molecule has 2 aromatic carbocycles. The average Bonchev–Trinajstić information content (AvgIpc) is 2.91. The van der Waals surface area contributed by atoms with Crippen LogP contribution in [0, 0.1) is 11.7 Å². The highest BCUT2D eigenvalue weighted by atomic mass is 19.1. The van der Waals surface area contributed by atoms with Crippen molar-refractivity contribution in [1.82, 2.24) is 14.8 Å². The maximum Gasteiger partial charge on any atom is 0.259 e. The van der Waals surface area contributed by atoms with Gasteiger partial charge in [0.15, 0.2) is 0 Å². The van der Waals surface area contributed by atoms with E-state index in [0.29, 0.717) is 30.8 Å². The largest absolute Gasteiger partial charge is 0.472 e. The molecule has 0 saturated carbocycles. The van der Waals surface area contributed by atoms with Gasteiger partial charge < -0.3 is 14.7 Å². The van der Waals surface area contributed by atoms with Gasteiger partial charge in [0, 0.05) is 37.3 Å².